The van der Waals surface area contributed by atoms with E-state index < -0.39 is 11.9 Å². The van der Waals surface area contributed by atoms with Gasteiger partial charge in [0.1, 0.15) is 12.3 Å². The van der Waals surface area contributed by atoms with Crippen LogP contribution in [0.3, 0.4) is 0 Å². The van der Waals surface area contributed by atoms with Crippen molar-refractivity contribution in [3.8, 4) is 5.75 Å². The van der Waals surface area contributed by atoms with Gasteiger partial charge in [0.25, 0.3) is 5.91 Å². The molecular weight excluding hydrogens is 486 g/mol. The molecule has 0 aromatic heterocycles. The molecule has 0 spiro atoms. The molecule has 0 aliphatic heterocycles. The zero-order valence-electron chi connectivity index (χ0n) is 21.6. The summed E-state index contributed by atoms with van der Waals surface area (Å²) in [7, 11) is 3.12. The van der Waals surface area contributed by atoms with Crippen molar-refractivity contribution in [1.29, 1.82) is 0 Å². The van der Waals surface area contributed by atoms with Gasteiger partial charge in [0.15, 0.2) is 6.61 Å². The molecule has 3 N–H and O–H groups in total. The summed E-state index contributed by atoms with van der Waals surface area (Å²) in [5.74, 6) is -0.821. The van der Waals surface area contributed by atoms with Gasteiger partial charge in [-0.2, -0.15) is 0 Å². The molecule has 3 rings (SSSR count). The number of likely N-dealkylation sites (N-methyl/N-ethyl adjacent to an activating group) is 2. The fourth-order valence-electron chi connectivity index (χ4n) is 3.47. The number of hydrogen-bond donors (Lipinski definition) is 3. The number of rotatable bonds is 10. The summed E-state index contributed by atoms with van der Waals surface area (Å²) < 4.78 is 5.50. The quantitative estimate of drug-likeness (QED) is 0.382. The van der Waals surface area contributed by atoms with Gasteiger partial charge in [0, 0.05) is 37.2 Å². The maximum Gasteiger partial charge on any atom is 0.319 e. The van der Waals surface area contributed by atoms with Crippen LogP contribution in [0.5, 0.6) is 5.75 Å². The monoisotopic (exact) mass is 517 g/mol. The lowest BCUT2D eigenvalue weighted by Gasteiger charge is -2.26. The van der Waals surface area contributed by atoms with Gasteiger partial charge in [-0.15, -0.1) is 0 Å². The molecular formula is C28H31N5O5. The number of para-hydroxylation sites is 1. The summed E-state index contributed by atoms with van der Waals surface area (Å²) in [6, 6.07) is 22.2. The van der Waals surface area contributed by atoms with Crippen LogP contribution in [-0.2, 0) is 14.4 Å². The average Bonchev–Trinajstić information content (AvgIpc) is 2.93. The van der Waals surface area contributed by atoms with Crippen molar-refractivity contribution in [2.75, 3.05) is 48.9 Å². The number of urea groups is 1. The number of aryl methyl sites for hydroxylation is 1. The Morgan fingerprint density at radius 2 is 1.55 bits per heavy atom. The fraction of sp³-hybridized carbons (Fsp3) is 0.214. The van der Waals surface area contributed by atoms with Gasteiger partial charge < -0.3 is 30.5 Å². The number of ether oxygens (including phenoxy) is 1. The van der Waals surface area contributed by atoms with Gasteiger partial charge in [-0.3, -0.25) is 14.4 Å². The van der Waals surface area contributed by atoms with E-state index in [9.17, 15) is 19.2 Å². The number of carbonyl (C=O) groups excluding carboxylic acids is 4. The average molecular weight is 518 g/mol. The molecule has 0 saturated heterocycles. The molecule has 3 aromatic rings. The maximum absolute atomic E-state index is 13.3. The Hall–Kier alpha value is -4.86. The molecule has 0 bridgehead atoms. The summed E-state index contributed by atoms with van der Waals surface area (Å²) in [4.78, 5) is 53.1. The second-order valence-corrected chi connectivity index (χ2v) is 8.40. The van der Waals surface area contributed by atoms with Crippen molar-refractivity contribution >= 4 is 40.8 Å². The van der Waals surface area contributed by atoms with Crippen LogP contribution < -0.4 is 30.5 Å². The Kier molecular flexibility index (Phi) is 9.81. The second-order valence-electron chi connectivity index (χ2n) is 8.40. The minimum atomic E-state index is -0.556. The van der Waals surface area contributed by atoms with Gasteiger partial charge in [-0.05, 0) is 48.9 Å². The first-order valence-corrected chi connectivity index (χ1v) is 11.9. The van der Waals surface area contributed by atoms with Gasteiger partial charge in [-0.1, -0.05) is 36.4 Å². The predicted molar refractivity (Wildman–Crippen MR) is 146 cm³/mol. The number of benzene rings is 3. The van der Waals surface area contributed by atoms with E-state index in [-0.39, 0.29) is 31.5 Å². The topological polar surface area (TPSA) is 120 Å². The molecule has 0 atom stereocenters. The number of nitrogens with zero attached hydrogens (tertiary/aromatic N) is 2. The van der Waals surface area contributed by atoms with E-state index >= 15 is 0 Å². The third kappa shape index (κ3) is 8.09. The van der Waals surface area contributed by atoms with E-state index in [1.54, 1.807) is 55.6 Å². The number of hydrogen-bond acceptors (Lipinski definition) is 5. The van der Waals surface area contributed by atoms with E-state index in [0.29, 0.717) is 22.8 Å². The zero-order chi connectivity index (χ0) is 27.5. The molecule has 10 nitrogen and oxygen atoms in total. The highest BCUT2D eigenvalue weighted by Gasteiger charge is 2.23. The molecule has 0 heterocycles. The summed E-state index contributed by atoms with van der Waals surface area (Å²) in [5, 5.41) is 7.70. The molecule has 0 saturated carbocycles. The lowest BCUT2D eigenvalue weighted by Crippen LogP contribution is -2.46. The van der Waals surface area contributed by atoms with Crippen LogP contribution in [0.25, 0.3) is 0 Å². The molecule has 198 valence electrons. The van der Waals surface area contributed by atoms with Crippen LogP contribution in [-0.4, -0.2) is 57.5 Å². The van der Waals surface area contributed by atoms with Crippen molar-refractivity contribution in [2.45, 2.75) is 6.92 Å². The Labute approximate surface area is 221 Å². The van der Waals surface area contributed by atoms with E-state index in [0.717, 1.165) is 5.56 Å². The highest BCUT2D eigenvalue weighted by atomic mass is 16.5. The van der Waals surface area contributed by atoms with Crippen LogP contribution in [0.1, 0.15) is 5.56 Å². The Morgan fingerprint density at radius 1 is 0.842 bits per heavy atom. The standard InChI is InChI=1S/C28H31N5O5/c1-20-9-7-10-21(15-20)31-28(37)30-17-26(35)33(18-27(36)32(3)22-11-5-4-6-12-22)23-13-8-14-24(16-23)38-19-25(34)29-2/h4-16H,17-19H2,1-3H3,(H,29,34)(H2,30,31,37). The molecule has 0 fully saturated rings. The molecule has 10 heteroatoms. The van der Waals surface area contributed by atoms with Crippen molar-refractivity contribution in [2.24, 2.45) is 0 Å². The Bertz CT molecular complexity index is 1280. The van der Waals surface area contributed by atoms with Crippen molar-refractivity contribution in [3.05, 3.63) is 84.4 Å². The molecule has 0 aliphatic rings. The lowest BCUT2D eigenvalue weighted by molar-refractivity contribution is -0.122. The van der Waals surface area contributed by atoms with E-state index in [1.165, 1.54) is 16.8 Å². The molecule has 0 unspecified atom stereocenters. The molecule has 0 aliphatic carbocycles. The van der Waals surface area contributed by atoms with Gasteiger partial charge in [0.05, 0.1) is 6.54 Å². The molecule has 3 aromatic carbocycles. The van der Waals surface area contributed by atoms with E-state index in [2.05, 4.69) is 16.0 Å². The maximum atomic E-state index is 13.3. The van der Waals surface area contributed by atoms with Crippen molar-refractivity contribution in [1.82, 2.24) is 10.6 Å². The minimum Gasteiger partial charge on any atom is -0.484 e. The van der Waals surface area contributed by atoms with E-state index in [4.69, 9.17) is 4.74 Å². The third-order valence-corrected chi connectivity index (χ3v) is 5.57. The highest BCUT2D eigenvalue weighted by molar-refractivity contribution is 6.05. The normalized spacial score (nSPS) is 10.2. The Balaban J connectivity index is 1.76. The zero-order valence-corrected chi connectivity index (χ0v) is 21.6. The van der Waals surface area contributed by atoms with Crippen LogP contribution >= 0.6 is 0 Å². The first kappa shape index (κ1) is 27.7. The van der Waals surface area contributed by atoms with Crippen LogP contribution in [0.15, 0.2) is 78.9 Å². The first-order chi connectivity index (χ1) is 18.3. The van der Waals surface area contributed by atoms with Crippen LogP contribution in [0.4, 0.5) is 21.9 Å². The minimum absolute atomic E-state index is 0.204. The Morgan fingerprint density at radius 3 is 2.26 bits per heavy atom. The molecule has 5 amide bonds. The van der Waals surface area contributed by atoms with Gasteiger partial charge >= 0.3 is 6.03 Å². The van der Waals surface area contributed by atoms with E-state index in [1.807, 2.05) is 37.3 Å². The predicted octanol–water partition coefficient (Wildman–Crippen LogP) is 2.94. The highest BCUT2D eigenvalue weighted by Crippen LogP contribution is 2.22. The first-order valence-electron chi connectivity index (χ1n) is 11.9. The number of amides is 5. The SMILES string of the molecule is CNC(=O)COc1cccc(N(CC(=O)N(C)c2ccccc2)C(=O)CNC(=O)Nc2cccc(C)c2)c1. The molecule has 38 heavy (non-hydrogen) atoms. The second kappa shape index (κ2) is 13.4. The van der Waals surface area contributed by atoms with Crippen molar-refractivity contribution < 1.29 is 23.9 Å². The molecule has 0 radical (unpaired) electrons. The number of nitrogens with one attached hydrogen (secondary N) is 3. The summed E-state index contributed by atoms with van der Waals surface area (Å²) >= 11 is 0. The summed E-state index contributed by atoms with van der Waals surface area (Å²) in [6.45, 7) is 1.05. The number of carbonyl (C=O) groups is 4. The van der Waals surface area contributed by atoms with Crippen LogP contribution in [0.2, 0.25) is 0 Å². The third-order valence-electron chi connectivity index (χ3n) is 5.57. The van der Waals surface area contributed by atoms with Crippen LogP contribution in [0, 0.1) is 6.92 Å². The largest absolute Gasteiger partial charge is 0.484 e. The van der Waals surface area contributed by atoms with Gasteiger partial charge in [-0.25, -0.2) is 4.79 Å². The fourth-order valence-corrected chi connectivity index (χ4v) is 3.47. The van der Waals surface area contributed by atoms with Crippen molar-refractivity contribution in [3.63, 3.8) is 0 Å². The summed E-state index contributed by atoms with van der Waals surface area (Å²) in [6.07, 6.45) is 0. The smallest absolute Gasteiger partial charge is 0.319 e. The number of anilines is 3. The van der Waals surface area contributed by atoms with Gasteiger partial charge in [0.2, 0.25) is 11.8 Å². The lowest BCUT2D eigenvalue weighted by atomic mass is 10.2. The summed E-state index contributed by atoms with van der Waals surface area (Å²) in [5.41, 5.74) is 2.61.